The van der Waals surface area contributed by atoms with Gasteiger partial charge in [0.05, 0.1) is 16.8 Å². The van der Waals surface area contributed by atoms with Crippen LogP contribution >= 0.6 is 50.1 Å². The van der Waals surface area contributed by atoms with Gasteiger partial charge in [-0.05, 0) is 58.5 Å². The molecule has 0 aliphatic rings. The lowest BCUT2D eigenvalue weighted by molar-refractivity contribution is 0.191. The molecule has 0 saturated heterocycles. The van der Waals surface area contributed by atoms with E-state index in [2.05, 4.69) is 43.8 Å². The Kier molecular flexibility index (Phi) is 5.50. The average Bonchev–Trinajstić information content (AvgIpc) is 2.37. The molecule has 0 aromatic heterocycles. The molecule has 0 fully saturated rings. The first-order chi connectivity index (χ1) is 9.06. The number of rotatable bonds is 4. The van der Waals surface area contributed by atoms with Gasteiger partial charge in [-0.3, -0.25) is 0 Å². The van der Waals surface area contributed by atoms with Gasteiger partial charge in [0.15, 0.2) is 0 Å². The zero-order chi connectivity index (χ0) is 13.8. The van der Waals surface area contributed by atoms with Crippen LogP contribution in [0.4, 0.5) is 5.69 Å². The molecule has 5 heteroatoms. The smallest absolute Gasteiger partial charge is 0.0962 e. The van der Waals surface area contributed by atoms with Gasteiger partial charge in [0.1, 0.15) is 0 Å². The fourth-order valence-electron chi connectivity index (χ4n) is 1.67. The predicted molar refractivity (Wildman–Crippen MR) is 91.8 cm³/mol. The summed E-state index contributed by atoms with van der Waals surface area (Å²) in [6.45, 7) is 0.413. The van der Waals surface area contributed by atoms with E-state index >= 15 is 0 Å². The second-order valence-electron chi connectivity index (χ2n) is 4.08. The molecule has 2 rings (SSSR count). The highest BCUT2D eigenvalue weighted by Crippen LogP contribution is 2.25. The minimum atomic E-state index is -0.576. The van der Waals surface area contributed by atoms with Gasteiger partial charge in [-0.2, -0.15) is 0 Å². The standard InChI is InChI=1S/C14H12BrClINO/c15-10-3-1-2-9(6-10)14(19)8-18-13-5-4-11(17)7-12(13)16/h1-7,14,18-19H,8H2. The Labute approximate surface area is 139 Å². The van der Waals surface area contributed by atoms with Crippen LogP contribution in [0, 0.1) is 3.57 Å². The molecule has 0 aliphatic carbocycles. The number of hydrogen-bond acceptors (Lipinski definition) is 2. The van der Waals surface area contributed by atoms with E-state index in [9.17, 15) is 5.11 Å². The van der Waals surface area contributed by atoms with Crippen molar-refractivity contribution >= 4 is 55.8 Å². The Hall–Kier alpha value is -0.300. The lowest BCUT2D eigenvalue weighted by Gasteiger charge is -2.14. The highest BCUT2D eigenvalue weighted by atomic mass is 127. The van der Waals surface area contributed by atoms with Crippen LogP contribution in [-0.2, 0) is 0 Å². The third-order valence-electron chi connectivity index (χ3n) is 2.65. The van der Waals surface area contributed by atoms with Gasteiger partial charge >= 0.3 is 0 Å². The lowest BCUT2D eigenvalue weighted by atomic mass is 10.1. The maximum Gasteiger partial charge on any atom is 0.0962 e. The maximum absolute atomic E-state index is 10.1. The number of aliphatic hydroxyl groups is 1. The summed E-state index contributed by atoms with van der Waals surface area (Å²) in [4.78, 5) is 0. The van der Waals surface area contributed by atoms with Crippen LogP contribution in [0.2, 0.25) is 5.02 Å². The number of nitrogens with one attached hydrogen (secondary N) is 1. The first kappa shape index (κ1) is 15.1. The Morgan fingerprint density at radius 3 is 2.74 bits per heavy atom. The summed E-state index contributed by atoms with van der Waals surface area (Å²) in [5.74, 6) is 0. The molecule has 0 bridgehead atoms. The van der Waals surface area contributed by atoms with Gasteiger partial charge in [-0.15, -0.1) is 0 Å². The zero-order valence-electron chi connectivity index (χ0n) is 9.91. The Bertz CT molecular complexity index is 579. The lowest BCUT2D eigenvalue weighted by Crippen LogP contribution is -2.12. The van der Waals surface area contributed by atoms with Gasteiger partial charge in [-0.1, -0.05) is 39.7 Å². The van der Waals surface area contributed by atoms with Crippen molar-refractivity contribution in [1.29, 1.82) is 0 Å². The van der Waals surface area contributed by atoms with E-state index in [-0.39, 0.29) is 0 Å². The van der Waals surface area contributed by atoms with Crippen LogP contribution in [0.3, 0.4) is 0 Å². The molecular formula is C14H12BrClINO. The van der Waals surface area contributed by atoms with Gasteiger partial charge in [0.2, 0.25) is 0 Å². The summed E-state index contributed by atoms with van der Waals surface area (Å²) in [5.41, 5.74) is 1.69. The summed E-state index contributed by atoms with van der Waals surface area (Å²) in [6.07, 6.45) is -0.576. The second kappa shape index (κ2) is 6.92. The summed E-state index contributed by atoms with van der Waals surface area (Å²) in [7, 11) is 0. The third-order valence-corrected chi connectivity index (χ3v) is 4.13. The molecule has 2 aromatic carbocycles. The number of aliphatic hydroxyl groups excluding tert-OH is 1. The molecule has 2 N–H and O–H groups in total. The number of anilines is 1. The van der Waals surface area contributed by atoms with Crippen molar-refractivity contribution in [2.24, 2.45) is 0 Å². The molecule has 1 atom stereocenters. The van der Waals surface area contributed by atoms with E-state index in [1.54, 1.807) is 0 Å². The predicted octanol–water partition coefficient (Wildman–Crippen LogP) is 4.85. The van der Waals surface area contributed by atoms with E-state index < -0.39 is 6.10 Å². The van der Waals surface area contributed by atoms with Gasteiger partial charge in [-0.25, -0.2) is 0 Å². The fraction of sp³-hybridized carbons (Fsp3) is 0.143. The van der Waals surface area contributed by atoms with Crippen molar-refractivity contribution in [3.8, 4) is 0 Å². The first-order valence-electron chi connectivity index (χ1n) is 5.69. The van der Waals surface area contributed by atoms with Crippen molar-refractivity contribution in [2.75, 3.05) is 11.9 Å². The minimum absolute atomic E-state index is 0.413. The molecule has 0 amide bonds. The largest absolute Gasteiger partial charge is 0.387 e. The molecule has 19 heavy (non-hydrogen) atoms. The topological polar surface area (TPSA) is 32.3 Å². The van der Waals surface area contributed by atoms with Gasteiger partial charge in [0.25, 0.3) is 0 Å². The SMILES string of the molecule is OC(CNc1ccc(I)cc1Cl)c1cccc(Br)c1. The quantitative estimate of drug-likeness (QED) is 0.650. The van der Waals surface area contributed by atoms with Crippen LogP contribution in [0.5, 0.6) is 0 Å². The van der Waals surface area contributed by atoms with Gasteiger partial charge < -0.3 is 10.4 Å². The number of hydrogen-bond donors (Lipinski definition) is 2. The Morgan fingerprint density at radius 2 is 2.05 bits per heavy atom. The Balaban J connectivity index is 2.02. The molecule has 0 aliphatic heterocycles. The van der Waals surface area contributed by atoms with E-state index in [0.29, 0.717) is 11.6 Å². The van der Waals surface area contributed by atoms with E-state index in [0.717, 1.165) is 19.3 Å². The van der Waals surface area contributed by atoms with Crippen LogP contribution < -0.4 is 5.32 Å². The number of benzene rings is 2. The molecule has 0 spiro atoms. The Morgan fingerprint density at radius 1 is 1.26 bits per heavy atom. The van der Waals surface area contributed by atoms with E-state index in [1.807, 2.05) is 42.5 Å². The third kappa shape index (κ3) is 4.34. The summed E-state index contributed by atoms with van der Waals surface area (Å²) >= 11 is 11.7. The number of halogens is 3. The van der Waals surface area contributed by atoms with Crippen LogP contribution in [0.15, 0.2) is 46.9 Å². The van der Waals surface area contributed by atoms with Crippen LogP contribution in [0.25, 0.3) is 0 Å². The van der Waals surface area contributed by atoms with Crippen molar-refractivity contribution in [3.05, 3.63) is 61.1 Å². The van der Waals surface area contributed by atoms with Crippen LogP contribution in [0.1, 0.15) is 11.7 Å². The van der Waals surface area contributed by atoms with Crippen LogP contribution in [-0.4, -0.2) is 11.7 Å². The average molecular weight is 453 g/mol. The van der Waals surface area contributed by atoms with E-state index in [4.69, 9.17) is 11.6 Å². The van der Waals surface area contributed by atoms with Crippen molar-refractivity contribution < 1.29 is 5.11 Å². The van der Waals surface area contributed by atoms with Crippen molar-refractivity contribution in [3.63, 3.8) is 0 Å². The molecule has 0 saturated carbocycles. The molecule has 1 unspecified atom stereocenters. The fourth-order valence-corrected chi connectivity index (χ4v) is 3.01. The minimum Gasteiger partial charge on any atom is -0.387 e. The summed E-state index contributed by atoms with van der Waals surface area (Å²) < 4.78 is 2.04. The summed E-state index contributed by atoms with van der Waals surface area (Å²) in [6, 6.07) is 13.4. The van der Waals surface area contributed by atoms with E-state index in [1.165, 1.54) is 0 Å². The normalized spacial score (nSPS) is 12.2. The molecule has 0 heterocycles. The maximum atomic E-state index is 10.1. The van der Waals surface area contributed by atoms with Crippen molar-refractivity contribution in [2.45, 2.75) is 6.10 Å². The summed E-state index contributed by atoms with van der Waals surface area (Å²) in [5, 5.41) is 13.9. The molecule has 100 valence electrons. The molecule has 2 aromatic rings. The molecule has 0 radical (unpaired) electrons. The van der Waals surface area contributed by atoms with Gasteiger partial charge in [0, 0.05) is 14.6 Å². The monoisotopic (exact) mass is 451 g/mol. The second-order valence-corrected chi connectivity index (χ2v) is 6.64. The highest BCUT2D eigenvalue weighted by molar-refractivity contribution is 14.1. The first-order valence-corrected chi connectivity index (χ1v) is 7.93. The molecular weight excluding hydrogens is 440 g/mol. The molecule has 2 nitrogen and oxygen atoms in total. The highest BCUT2D eigenvalue weighted by Gasteiger charge is 2.08. The zero-order valence-corrected chi connectivity index (χ0v) is 14.4. The van der Waals surface area contributed by atoms with Crippen molar-refractivity contribution in [1.82, 2.24) is 0 Å².